The maximum atomic E-state index is 13.9. The molecule has 0 radical (unpaired) electrons. The van der Waals surface area contributed by atoms with Crippen LogP contribution in [0.2, 0.25) is 0 Å². The normalized spacial score (nSPS) is 25.9. The Morgan fingerprint density at radius 3 is 2.46 bits per heavy atom. The van der Waals surface area contributed by atoms with E-state index in [1.807, 2.05) is 32.0 Å². The first-order valence-corrected chi connectivity index (χ1v) is 12.2. The highest BCUT2D eigenvalue weighted by molar-refractivity contribution is 6.15. The van der Waals surface area contributed by atoms with Gasteiger partial charge in [0.2, 0.25) is 23.6 Å². The van der Waals surface area contributed by atoms with E-state index < -0.39 is 47.0 Å². The number of primary amides is 1. The van der Waals surface area contributed by atoms with Crippen molar-refractivity contribution in [3.8, 4) is 11.5 Å². The van der Waals surface area contributed by atoms with E-state index in [9.17, 15) is 19.2 Å². The van der Waals surface area contributed by atoms with Crippen LogP contribution in [-0.2, 0) is 31.1 Å². The molecule has 2 saturated heterocycles. The van der Waals surface area contributed by atoms with Crippen molar-refractivity contribution >= 4 is 29.3 Å². The molecule has 0 aliphatic carbocycles. The first-order chi connectivity index (χ1) is 17.6. The number of carbonyl (C=O) groups excluding carboxylic acids is 4. The first kappa shape index (κ1) is 24.8. The molecule has 37 heavy (non-hydrogen) atoms. The van der Waals surface area contributed by atoms with E-state index in [4.69, 9.17) is 15.2 Å². The minimum atomic E-state index is -1.45. The number of hydrogen-bond acceptors (Lipinski definition) is 7. The lowest BCUT2D eigenvalue weighted by atomic mass is 9.76. The molecule has 2 aromatic rings. The fourth-order valence-corrected chi connectivity index (χ4v) is 6.07. The number of benzene rings is 2. The molecule has 3 aliphatic rings. The highest BCUT2D eigenvalue weighted by Crippen LogP contribution is 2.54. The van der Waals surface area contributed by atoms with Crippen LogP contribution in [0.25, 0.3) is 0 Å². The van der Waals surface area contributed by atoms with Crippen LogP contribution in [0.4, 0.5) is 5.69 Å². The smallest absolute Gasteiger partial charge is 0.250 e. The highest BCUT2D eigenvalue weighted by Gasteiger charge is 2.70. The number of methoxy groups -OCH3 is 2. The van der Waals surface area contributed by atoms with Crippen molar-refractivity contribution in [3.05, 3.63) is 52.6 Å². The molecule has 2 fully saturated rings. The monoisotopic (exact) mass is 506 g/mol. The molecule has 4 amide bonds. The van der Waals surface area contributed by atoms with E-state index in [0.717, 1.165) is 16.7 Å². The SMILES string of the molecule is COc1ccc(CCN2C(=O)C3C(CC(N)=O)NC4(C(=O)Nc5c4ccc(C)c5C)C3C2=O)cc1OC. The summed E-state index contributed by atoms with van der Waals surface area (Å²) in [4.78, 5) is 54.2. The van der Waals surface area contributed by atoms with E-state index in [2.05, 4.69) is 10.6 Å². The van der Waals surface area contributed by atoms with Crippen molar-refractivity contribution in [1.29, 1.82) is 0 Å². The van der Waals surface area contributed by atoms with Crippen molar-refractivity contribution in [2.75, 3.05) is 26.1 Å². The van der Waals surface area contributed by atoms with Crippen LogP contribution in [0, 0.1) is 25.7 Å². The van der Waals surface area contributed by atoms with Gasteiger partial charge in [-0.2, -0.15) is 0 Å². The molecule has 1 spiro atoms. The summed E-state index contributed by atoms with van der Waals surface area (Å²) < 4.78 is 10.6. The number of amides is 4. The largest absolute Gasteiger partial charge is 0.493 e. The number of likely N-dealkylation sites (tertiary alicyclic amines) is 1. The van der Waals surface area contributed by atoms with Crippen molar-refractivity contribution in [2.45, 2.75) is 38.3 Å². The molecule has 4 N–H and O–H groups in total. The van der Waals surface area contributed by atoms with Crippen LogP contribution < -0.4 is 25.8 Å². The number of carbonyl (C=O) groups is 4. The summed E-state index contributed by atoms with van der Waals surface area (Å²) in [6.45, 7) is 3.96. The van der Waals surface area contributed by atoms with Gasteiger partial charge in [0.05, 0.1) is 26.1 Å². The van der Waals surface area contributed by atoms with E-state index in [1.54, 1.807) is 19.2 Å². The molecule has 4 atom stereocenters. The van der Waals surface area contributed by atoms with Crippen LogP contribution in [0.3, 0.4) is 0 Å². The van der Waals surface area contributed by atoms with E-state index in [-0.39, 0.29) is 13.0 Å². The fourth-order valence-electron chi connectivity index (χ4n) is 6.07. The van der Waals surface area contributed by atoms with Crippen LogP contribution in [0.15, 0.2) is 30.3 Å². The molecule has 194 valence electrons. The molecule has 3 heterocycles. The number of anilines is 1. The molecule has 5 rings (SSSR count). The van der Waals surface area contributed by atoms with E-state index >= 15 is 0 Å². The molecule has 10 nitrogen and oxygen atoms in total. The number of hydrogen-bond donors (Lipinski definition) is 3. The van der Waals surface area contributed by atoms with Crippen molar-refractivity contribution < 1.29 is 28.7 Å². The number of fused-ring (bicyclic) bond motifs is 4. The minimum absolute atomic E-state index is 0.126. The molecule has 3 aliphatic heterocycles. The second-order valence-electron chi connectivity index (χ2n) is 9.88. The van der Waals surface area contributed by atoms with Gasteiger partial charge in [0.15, 0.2) is 11.5 Å². The summed E-state index contributed by atoms with van der Waals surface area (Å²) in [5.74, 6) is -2.61. The summed E-state index contributed by atoms with van der Waals surface area (Å²) >= 11 is 0. The second kappa shape index (κ2) is 8.88. The molecule has 0 aromatic heterocycles. The van der Waals surface area contributed by atoms with Gasteiger partial charge in [0.1, 0.15) is 5.54 Å². The molecular weight excluding hydrogens is 476 g/mol. The highest BCUT2D eigenvalue weighted by atomic mass is 16.5. The topological polar surface area (TPSA) is 140 Å². The molecule has 4 unspecified atom stereocenters. The summed E-state index contributed by atoms with van der Waals surface area (Å²) in [5, 5.41) is 6.16. The number of rotatable bonds is 7. The molecular formula is C27H30N4O6. The fraction of sp³-hybridized carbons (Fsp3) is 0.407. The summed E-state index contributed by atoms with van der Waals surface area (Å²) in [5.41, 5.74) is 8.04. The van der Waals surface area contributed by atoms with Crippen LogP contribution >= 0.6 is 0 Å². The third-order valence-corrected chi connectivity index (χ3v) is 8.01. The molecule has 2 aromatic carbocycles. The number of nitrogens with two attached hydrogens (primary N) is 1. The minimum Gasteiger partial charge on any atom is -0.493 e. The van der Waals surface area contributed by atoms with Crippen molar-refractivity contribution in [1.82, 2.24) is 10.2 Å². The van der Waals surface area contributed by atoms with Gasteiger partial charge in [-0.05, 0) is 49.1 Å². The predicted molar refractivity (Wildman–Crippen MR) is 134 cm³/mol. The van der Waals surface area contributed by atoms with Crippen molar-refractivity contribution in [2.24, 2.45) is 17.6 Å². The van der Waals surface area contributed by atoms with Gasteiger partial charge in [-0.25, -0.2) is 0 Å². The Bertz CT molecular complexity index is 1340. The van der Waals surface area contributed by atoms with Gasteiger partial charge < -0.3 is 20.5 Å². The Morgan fingerprint density at radius 2 is 1.78 bits per heavy atom. The van der Waals surface area contributed by atoms with Gasteiger partial charge in [-0.3, -0.25) is 29.4 Å². The van der Waals surface area contributed by atoms with E-state index in [1.165, 1.54) is 12.0 Å². The third kappa shape index (κ3) is 3.58. The summed E-state index contributed by atoms with van der Waals surface area (Å²) in [7, 11) is 3.08. The van der Waals surface area contributed by atoms with Crippen LogP contribution in [-0.4, -0.2) is 55.3 Å². The Labute approximate surface area is 214 Å². The molecule has 0 bridgehead atoms. The molecule has 10 heteroatoms. The number of ether oxygens (including phenoxy) is 2. The number of imide groups is 1. The average Bonchev–Trinajstić information content (AvgIpc) is 3.44. The van der Waals surface area contributed by atoms with Gasteiger partial charge in [0, 0.05) is 30.3 Å². The lowest BCUT2D eigenvalue weighted by molar-refractivity contribution is -0.142. The zero-order valence-corrected chi connectivity index (χ0v) is 21.2. The Kier molecular flexibility index (Phi) is 5.94. The zero-order chi connectivity index (χ0) is 26.6. The molecule has 0 saturated carbocycles. The lowest BCUT2D eigenvalue weighted by Gasteiger charge is -2.29. The van der Waals surface area contributed by atoms with Gasteiger partial charge in [-0.1, -0.05) is 18.2 Å². The predicted octanol–water partition coefficient (Wildman–Crippen LogP) is 1.16. The third-order valence-electron chi connectivity index (χ3n) is 8.01. The zero-order valence-electron chi connectivity index (χ0n) is 21.2. The maximum absolute atomic E-state index is 13.9. The van der Waals surface area contributed by atoms with Crippen molar-refractivity contribution in [3.63, 3.8) is 0 Å². The summed E-state index contributed by atoms with van der Waals surface area (Å²) in [6, 6.07) is 8.37. The maximum Gasteiger partial charge on any atom is 0.250 e. The Balaban J connectivity index is 1.51. The van der Waals surface area contributed by atoms with Crippen LogP contribution in [0.5, 0.6) is 11.5 Å². The second-order valence-corrected chi connectivity index (χ2v) is 9.88. The number of aryl methyl sites for hydroxylation is 1. The number of nitrogens with one attached hydrogen (secondary N) is 2. The van der Waals surface area contributed by atoms with E-state index in [0.29, 0.717) is 29.2 Å². The average molecular weight is 507 g/mol. The summed E-state index contributed by atoms with van der Waals surface area (Å²) in [6.07, 6.45) is 0.220. The Morgan fingerprint density at radius 1 is 1.05 bits per heavy atom. The Hall–Kier alpha value is -3.92. The lowest BCUT2D eigenvalue weighted by Crippen LogP contribution is -2.53. The van der Waals surface area contributed by atoms with Crippen LogP contribution in [0.1, 0.15) is 28.7 Å². The first-order valence-electron chi connectivity index (χ1n) is 12.2. The van der Waals surface area contributed by atoms with Gasteiger partial charge in [0.25, 0.3) is 0 Å². The van der Waals surface area contributed by atoms with Gasteiger partial charge in [-0.15, -0.1) is 0 Å². The quantitative estimate of drug-likeness (QED) is 0.479. The standard InChI is InChI=1S/C27H30N4O6/c1-13-5-7-16-23(14(13)2)29-26(35)27(16)22-21(17(30-27)12-20(28)32)24(33)31(25(22)34)10-9-15-6-8-18(36-3)19(11-15)37-4/h5-8,11,17,21-22,30H,9-10,12H2,1-4H3,(H2,28,32)(H,29,35). The van der Waals surface area contributed by atoms with Gasteiger partial charge >= 0.3 is 0 Å². The number of nitrogens with zero attached hydrogens (tertiary/aromatic N) is 1.